The molecule has 0 bridgehead atoms. The van der Waals surface area contributed by atoms with E-state index in [2.05, 4.69) is 232 Å². The number of nitrogens with zero attached hydrogens (tertiary/aromatic N) is 2. The van der Waals surface area contributed by atoms with Gasteiger partial charge in [0.1, 0.15) is 0 Å². The van der Waals surface area contributed by atoms with E-state index in [4.69, 9.17) is 0 Å². The van der Waals surface area contributed by atoms with Gasteiger partial charge in [0, 0.05) is 34.1 Å². The van der Waals surface area contributed by atoms with E-state index in [-0.39, 0.29) is 0 Å². The molecule has 0 saturated carbocycles. The van der Waals surface area contributed by atoms with Gasteiger partial charge in [0.15, 0.2) is 0 Å². The molecule has 254 valence electrons. The maximum absolute atomic E-state index is 2.31. The van der Waals surface area contributed by atoms with Gasteiger partial charge >= 0.3 is 0 Å². The molecule has 0 radical (unpaired) electrons. The van der Waals surface area contributed by atoms with Crippen LogP contribution in [0.15, 0.2) is 170 Å². The molecular weight excluding hydrogens is 629 g/mol. The van der Waals surface area contributed by atoms with Crippen LogP contribution in [0.1, 0.15) is 44.5 Å². The lowest BCUT2D eigenvalue weighted by atomic mass is 10.1. The summed E-state index contributed by atoms with van der Waals surface area (Å²) in [6, 6.07) is 61.0. The van der Waals surface area contributed by atoms with Gasteiger partial charge < -0.3 is 9.80 Å². The molecule has 0 aromatic heterocycles. The molecule has 2 nitrogen and oxygen atoms in total. The van der Waals surface area contributed by atoms with Crippen LogP contribution in [0.4, 0.5) is 34.1 Å². The Balaban J connectivity index is 1.02. The van der Waals surface area contributed by atoms with Crippen LogP contribution in [0, 0.1) is 27.7 Å². The fourth-order valence-electron chi connectivity index (χ4n) is 6.32. The van der Waals surface area contributed by atoms with Crippen molar-refractivity contribution in [3.63, 3.8) is 0 Å². The summed E-state index contributed by atoms with van der Waals surface area (Å²) in [5.74, 6) is 0. The van der Waals surface area contributed by atoms with Gasteiger partial charge in [-0.2, -0.15) is 0 Å². The highest BCUT2D eigenvalue weighted by Crippen LogP contribution is 2.36. The summed E-state index contributed by atoms with van der Waals surface area (Å²) in [6.07, 6.45) is 8.70. The van der Waals surface area contributed by atoms with Gasteiger partial charge in [-0.15, -0.1) is 0 Å². The van der Waals surface area contributed by atoms with Crippen molar-refractivity contribution < 1.29 is 0 Å². The van der Waals surface area contributed by atoms with Crippen molar-refractivity contribution in [3.05, 3.63) is 214 Å². The van der Waals surface area contributed by atoms with Crippen molar-refractivity contribution in [1.82, 2.24) is 0 Å². The van der Waals surface area contributed by atoms with Crippen molar-refractivity contribution in [3.8, 4) is 0 Å². The Labute approximate surface area is 309 Å². The maximum Gasteiger partial charge on any atom is 0.0464 e. The molecule has 0 amide bonds. The molecule has 7 aromatic carbocycles. The minimum Gasteiger partial charge on any atom is -0.311 e. The van der Waals surface area contributed by atoms with E-state index in [0.29, 0.717) is 0 Å². The highest BCUT2D eigenvalue weighted by atomic mass is 15.1. The third kappa shape index (κ3) is 8.31. The van der Waals surface area contributed by atoms with Crippen LogP contribution in [0.3, 0.4) is 0 Å². The summed E-state index contributed by atoms with van der Waals surface area (Å²) >= 11 is 0. The molecule has 0 heterocycles. The first kappa shape index (κ1) is 34.1. The van der Waals surface area contributed by atoms with Crippen molar-refractivity contribution in [2.45, 2.75) is 27.7 Å². The zero-order chi connectivity index (χ0) is 35.9. The van der Waals surface area contributed by atoms with Crippen molar-refractivity contribution >= 4 is 58.4 Å². The van der Waals surface area contributed by atoms with E-state index in [0.717, 1.165) is 45.3 Å². The lowest BCUT2D eigenvalue weighted by molar-refractivity contribution is 1.26. The van der Waals surface area contributed by atoms with Crippen LogP contribution in [-0.2, 0) is 0 Å². The molecule has 0 unspecified atom stereocenters. The number of rotatable bonds is 10. The molecular formula is C50H44N2. The van der Waals surface area contributed by atoms with Crippen molar-refractivity contribution in [2.24, 2.45) is 0 Å². The van der Waals surface area contributed by atoms with E-state index in [1.54, 1.807) is 0 Å². The molecule has 0 aliphatic rings. The lowest BCUT2D eigenvalue weighted by Crippen LogP contribution is -2.10. The van der Waals surface area contributed by atoms with Gasteiger partial charge in [0.2, 0.25) is 0 Å². The van der Waals surface area contributed by atoms with Crippen LogP contribution >= 0.6 is 0 Å². The monoisotopic (exact) mass is 672 g/mol. The quantitative estimate of drug-likeness (QED) is 0.133. The summed E-state index contributed by atoms with van der Waals surface area (Å²) in [5, 5.41) is 0. The first-order valence-electron chi connectivity index (χ1n) is 17.9. The van der Waals surface area contributed by atoms with Gasteiger partial charge in [-0.3, -0.25) is 0 Å². The Morgan fingerprint density at radius 2 is 0.538 bits per heavy atom. The smallest absolute Gasteiger partial charge is 0.0464 e. The fourth-order valence-corrected chi connectivity index (χ4v) is 6.32. The van der Waals surface area contributed by atoms with Crippen LogP contribution < -0.4 is 9.80 Å². The number of benzene rings is 7. The minimum absolute atomic E-state index is 1.13. The van der Waals surface area contributed by atoms with E-state index in [1.807, 2.05) is 0 Å². The molecule has 0 fully saturated rings. The maximum atomic E-state index is 2.31. The topological polar surface area (TPSA) is 6.48 Å². The molecule has 0 aliphatic carbocycles. The molecule has 0 spiro atoms. The van der Waals surface area contributed by atoms with Gasteiger partial charge in [-0.25, -0.2) is 0 Å². The summed E-state index contributed by atoms with van der Waals surface area (Å²) in [4.78, 5) is 4.62. The largest absolute Gasteiger partial charge is 0.311 e. The summed E-state index contributed by atoms with van der Waals surface area (Å²) in [7, 11) is 0. The molecule has 0 aliphatic heterocycles. The standard InChI is InChI=1S/C50H44N2/c1-37-8-26-45(27-9-37)51(46-28-10-38(2)11-29-46)48-32-22-43(23-33-48)20-18-41-14-16-42(17-15-41)19-21-44-24-34-49(35-25-44)52(47-30-12-39(3)13-31-47)50-7-5-6-40(4)36-50/h5-36H,1-4H3/b20-18+,21-19-. The second kappa shape index (κ2) is 15.7. The zero-order valence-electron chi connectivity index (χ0n) is 30.4. The van der Waals surface area contributed by atoms with E-state index < -0.39 is 0 Å². The number of hydrogen-bond donors (Lipinski definition) is 0. The third-order valence-electron chi connectivity index (χ3n) is 9.31. The first-order valence-corrected chi connectivity index (χ1v) is 17.9. The number of hydrogen-bond acceptors (Lipinski definition) is 2. The van der Waals surface area contributed by atoms with Gasteiger partial charge in [0.05, 0.1) is 0 Å². The first-order chi connectivity index (χ1) is 25.4. The fraction of sp³-hybridized carbons (Fsp3) is 0.0800. The molecule has 52 heavy (non-hydrogen) atoms. The predicted octanol–water partition coefficient (Wildman–Crippen LogP) is 14.2. The molecule has 7 aromatic rings. The SMILES string of the molecule is Cc1ccc(N(c2ccc(C)cc2)c2ccc(/C=C/c3ccc(/C=C\c4ccc(N(c5ccc(C)cc5)c5cccc(C)c5)cc4)cc3)cc2)cc1. The normalized spacial score (nSPS) is 11.3. The Kier molecular flexibility index (Phi) is 10.3. The zero-order valence-corrected chi connectivity index (χ0v) is 30.4. The Bertz CT molecular complexity index is 2230. The average Bonchev–Trinajstić information content (AvgIpc) is 3.17. The molecule has 0 saturated heterocycles. The van der Waals surface area contributed by atoms with Gasteiger partial charge in [0.25, 0.3) is 0 Å². The van der Waals surface area contributed by atoms with E-state index in [9.17, 15) is 0 Å². The van der Waals surface area contributed by atoms with Crippen molar-refractivity contribution in [2.75, 3.05) is 9.80 Å². The van der Waals surface area contributed by atoms with Crippen LogP contribution in [0.5, 0.6) is 0 Å². The predicted molar refractivity (Wildman–Crippen MR) is 225 cm³/mol. The van der Waals surface area contributed by atoms with Crippen LogP contribution in [0.25, 0.3) is 24.3 Å². The van der Waals surface area contributed by atoms with Crippen LogP contribution in [-0.4, -0.2) is 0 Å². The average molecular weight is 673 g/mol. The Morgan fingerprint density at radius 3 is 0.846 bits per heavy atom. The lowest BCUT2D eigenvalue weighted by Gasteiger charge is -2.26. The molecule has 0 atom stereocenters. The highest BCUT2D eigenvalue weighted by molar-refractivity contribution is 5.80. The molecule has 2 heteroatoms. The molecule has 7 rings (SSSR count). The molecule has 0 N–H and O–H groups in total. The van der Waals surface area contributed by atoms with Gasteiger partial charge in [-0.1, -0.05) is 138 Å². The van der Waals surface area contributed by atoms with E-state index >= 15 is 0 Å². The number of aryl methyl sites for hydroxylation is 4. The number of anilines is 6. The second-order valence-electron chi connectivity index (χ2n) is 13.5. The second-order valence-corrected chi connectivity index (χ2v) is 13.5. The summed E-state index contributed by atoms with van der Waals surface area (Å²) in [6.45, 7) is 8.51. The Hall–Kier alpha value is -6.38. The Morgan fingerprint density at radius 1 is 0.269 bits per heavy atom. The van der Waals surface area contributed by atoms with E-state index in [1.165, 1.54) is 33.4 Å². The summed E-state index contributed by atoms with van der Waals surface area (Å²) in [5.41, 5.74) is 16.5. The minimum atomic E-state index is 1.13. The summed E-state index contributed by atoms with van der Waals surface area (Å²) < 4.78 is 0. The van der Waals surface area contributed by atoms with Crippen molar-refractivity contribution in [1.29, 1.82) is 0 Å². The highest BCUT2D eigenvalue weighted by Gasteiger charge is 2.13. The van der Waals surface area contributed by atoms with Crippen LogP contribution in [0.2, 0.25) is 0 Å². The van der Waals surface area contributed by atoms with Gasteiger partial charge in [-0.05, 0) is 128 Å². The third-order valence-corrected chi connectivity index (χ3v) is 9.31.